The molecule has 1 aromatic rings. The molecule has 1 rings (SSSR count). The fraction of sp³-hybridized carbons (Fsp3) is 0.214. The first-order chi connectivity index (χ1) is 8.71. The second kappa shape index (κ2) is 7.17. The van der Waals surface area contributed by atoms with Crippen molar-refractivity contribution in [1.29, 1.82) is 0 Å². The number of hydrogen-bond acceptors (Lipinski definition) is 4. The zero-order valence-electron chi connectivity index (χ0n) is 10.7. The molecular formula is C14H16O4. The molecule has 0 N–H and O–H groups in total. The number of ether oxygens (including phenoxy) is 3. The molecule has 4 heteroatoms. The molecule has 0 heterocycles. The Kier molecular flexibility index (Phi) is 5.51. The minimum absolute atomic E-state index is 0.382. The van der Waals surface area contributed by atoms with Gasteiger partial charge in [0.05, 0.1) is 21.3 Å². The highest BCUT2D eigenvalue weighted by Crippen LogP contribution is 2.27. The number of rotatable bonds is 5. The van der Waals surface area contributed by atoms with Crippen LogP contribution in [0, 0.1) is 0 Å². The molecule has 0 aromatic heterocycles. The van der Waals surface area contributed by atoms with Gasteiger partial charge in [-0.1, -0.05) is 24.3 Å². The molecule has 1 aromatic carbocycles. The maximum Gasteiger partial charge on any atom is 0.330 e. The van der Waals surface area contributed by atoms with E-state index in [9.17, 15) is 4.79 Å². The van der Waals surface area contributed by atoms with Crippen LogP contribution >= 0.6 is 0 Å². The van der Waals surface area contributed by atoms with Crippen molar-refractivity contribution in [2.45, 2.75) is 0 Å². The highest BCUT2D eigenvalue weighted by Gasteiger charge is 2.02. The van der Waals surface area contributed by atoms with Crippen molar-refractivity contribution >= 4 is 12.0 Å². The molecule has 18 heavy (non-hydrogen) atoms. The number of carbonyl (C=O) groups excluding carboxylic acids is 1. The monoisotopic (exact) mass is 248 g/mol. The van der Waals surface area contributed by atoms with Crippen LogP contribution < -0.4 is 9.47 Å². The van der Waals surface area contributed by atoms with Gasteiger partial charge in [-0.3, -0.25) is 0 Å². The van der Waals surface area contributed by atoms with Crippen LogP contribution in [0.5, 0.6) is 11.5 Å². The summed E-state index contributed by atoms with van der Waals surface area (Å²) in [7, 11) is 4.51. The molecule has 0 saturated heterocycles. The van der Waals surface area contributed by atoms with Gasteiger partial charge in [0.2, 0.25) is 0 Å². The second-order valence-electron chi connectivity index (χ2n) is 3.36. The molecule has 4 nitrogen and oxygen atoms in total. The van der Waals surface area contributed by atoms with E-state index < -0.39 is 0 Å². The van der Waals surface area contributed by atoms with E-state index in [1.807, 2.05) is 24.3 Å². The molecule has 0 atom stereocenters. The topological polar surface area (TPSA) is 44.8 Å². The van der Waals surface area contributed by atoms with E-state index in [-0.39, 0.29) is 5.97 Å². The zero-order valence-corrected chi connectivity index (χ0v) is 10.7. The summed E-state index contributed by atoms with van der Waals surface area (Å²) < 4.78 is 14.8. The fourth-order valence-corrected chi connectivity index (χ4v) is 1.33. The summed E-state index contributed by atoms with van der Waals surface area (Å²) >= 11 is 0. The van der Waals surface area contributed by atoms with Crippen LogP contribution in [0.1, 0.15) is 5.56 Å². The lowest BCUT2D eigenvalue weighted by molar-refractivity contribution is -0.134. The molecule has 0 radical (unpaired) electrons. The van der Waals surface area contributed by atoms with E-state index in [1.54, 1.807) is 26.4 Å². The summed E-state index contributed by atoms with van der Waals surface area (Å²) in [6, 6.07) is 5.56. The van der Waals surface area contributed by atoms with Crippen LogP contribution in [-0.4, -0.2) is 27.3 Å². The lowest BCUT2D eigenvalue weighted by Crippen LogP contribution is -1.92. The quantitative estimate of drug-likeness (QED) is 0.456. The van der Waals surface area contributed by atoms with E-state index >= 15 is 0 Å². The van der Waals surface area contributed by atoms with Gasteiger partial charge in [-0.25, -0.2) is 4.79 Å². The Hall–Kier alpha value is -2.23. The number of benzene rings is 1. The molecule has 0 bridgehead atoms. The Morgan fingerprint density at radius 1 is 1.06 bits per heavy atom. The van der Waals surface area contributed by atoms with Gasteiger partial charge in [0, 0.05) is 6.08 Å². The van der Waals surface area contributed by atoms with Crippen LogP contribution in [0.4, 0.5) is 0 Å². The summed E-state index contributed by atoms with van der Waals surface area (Å²) in [6.45, 7) is 0. The van der Waals surface area contributed by atoms with Gasteiger partial charge in [0.25, 0.3) is 0 Å². The highest BCUT2D eigenvalue weighted by molar-refractivity contribution is 5.82. The van der Waals surface area contributed by atoms with Crippen LogP contribution in [-0.2, 0) is 9.53 Å². The van der Waals surface area contributed by atoms with Gasteiger partial charge < -0.3 is 14.2 Å². The predicted octanol–water partition coefficient (Wildman–Crippen LogP) is 2.45. The third-order valence-electron chi connectivity index (χ3n) is 2.24. The van der Waals surface area contributed by atoms with Gasteiger partial charge in [-0.15, -0.1) is 0 Å². The number of methoxy groups -OCH3 is 3. The maximum atomic E-state index is 10.8. The van der Waals surface area contributed by atoms with Crippen molar-refractivity contribution in [2.75, 3.05) is 21.3 Å². The van der Waals surface area contributed by atoms with Crippen LogP contribution in [0.25, 0.3) is 6.08 Å². The third kappa shape index (κ3) is 3.97. The van der Waals surface area contributed by atoms with Crippen molar-refractivity contribution in [3.8, 4) is 11.5 Å². The third-order valence-corrected chi connectivity index (χ3v) is 2.24. The zero-order chi connectivity index (χ0) is 13.4. The average Bonchev–Trinajstić information content (AvgIpc) is 2.42. The van der Waals surface area contributed by atoms with Crippen LogP contribution in [0.3, 0.4) is 0 Å². The Bertz CT molecular complexity index is 461. The Labute approximate surface area is 106 Å². The lowest BCUT2D eigenvalue weighted by atomic mass is 10.2. The van der Waals surface area contributed by atoms with Crippen molar-refractivity contribution in [3.05, 3.63) is 42.0 Å². The number of carbonyl (C=O) groups is 1. The smallest absolute Gasteiger partial charge is 0.330 e. The molecule has 0 spiro atoms. The minimum atomic E-state index is -0.382. The van der Waals surface area contributed by atoms with Crippen molar-refractivity contribution in [1.82, 2.24) is 0 Å². The minimum Gasteiger partial charge on any atom is -0.493 e. The van der Waals surface area contributed by atoms with E-state index in [0.717, 1.165) is 5.56 Å². The normalized spacial score (nSPS) is 10.8. The molecule has 0 aliphatic rings. The first-order valence-electron chi connectivity index (χ1n) is 5.36. The van der Waals surface area contributed by atoms with Gasteiger partial charge in [-0.05, 0) is 17.7 Å². The standard InChI is InChI=1S/C14H16O4/c1-16-12-9-8-11(10-13(12)17-2)6-4-5-7-14(15)18-3/h4-10H,1-3H3. The summed E-state index contributed by atoms with van der Waals surface area (Å²) in [4.78, 5) is 10.8. The Balaban J connectivity index is 2.76. The van der Waals surface area contributed by atoms with Crippen molar-refractivity contribution < 1.29 is 19.0 Å². The van der Waals surface area contributed by atoms with Gasteiger partial charge >= 0.3 is 5.97 Å². The first kappa shape index (κ1) is 13.8. The summed E-state index contributed by atoms with van der Waals surface area (Å²) in [5.41, 5.74) is 0.946. The summed E-state index contributed by atoms with van der Waals surface area (Å²) in [5, 5.41) is 0. The van der Waals surface area contributed by atoms with Gasteiger partial charge in [0.15, 0.2) is 11.5 Å². The maximum absolute atomic E-state index is 10.8. The largest absolute Gasteiger partial charge is 0.493 e. The van der Waals surface area contributed by atoms with Gasteiger partial charge in [-0.2, -0.15) is 0 Å². The van der Waals surface area contributed by atoms with E-state index in [4.69, 9.17) is 9.47 Å². The van der Waals surface area contributed by atoms with Crippen molar-refractivity contribution in [3.63, 3.8) is 0 Å². The molecule has 0 aliphatic carbocycles. The fourth-order valence-electron chi connectivity index (χ4n) is 1.33. The number of allylic oxidation sites excluding steroid dienone is 2. The molecule has 0 amide bonds. The first-order valence-corrected chi connectivity index (χ1v) is 5.36. The van der Waals surface area contributed by atoms with E-state index in [1.165, 1.54) is 13.2 Å². The molecule has 0 fully saturated rings. The molecule has 0 aliphatic heterocycles. The van der Waals surface area contributed by atoms with Crippen LogP contribution in [0.15, 0.2) is 36.4 Å². The highest BCUT2D eigenvalue weighted by atomic mass is 16.5. The Morgan fingerprint density at radius 3 is 2.39 bits per heavy atom. The van der Waals surface area contributed by atoms with Crippen LogP contribution in [0.2, 0.25) is 0 Å². The summed E-state index contributed by atoms with van der Waals surface area (Å²) in [5.74, 6) is 0.961. The lowest BCUT2D eigenvalue weighted by Gasteiger charge is -2.07. The number of hydrogen-bond donors (Lipinski definition) is 0. The Morgan fingerprint density at radius 2 is 1.78 bits per heavy atom. The van der Waals surface area contributed by atoms with E-state index in [0.29, 0.717) is 11.5 Å². The molecule has 0 saturated carbocycles. The molecule has 96 valence electrons. The molecular weight excluding hydrogens is 232 g/mol. The van der Waals surface area contributed by atoms with Gasteiger partial charge in [0.1, 0.15) is 0 Å². The average molecular weight is 248 g/mol. The number of esters is 1. The van der Waals surface area contributed by atoms with E-state index in [2.05, 4.69) is 4.74 Å². The van der Waals surface area contributed by atoms with Crippen molar-refractivity contribution in [2.24, 2.45) is 0 Å². The molecule has 0 unspecified atom stereocenters. The second-order valence-corrected chi connectivity index (χ2v) is 3.36. The SMILES string of the molecule is COC(=O)C=CC=Cc1ccc(OC)c(OC)c1. The summed E-state index contributed by atoms with van der Waals surface area (Å²) in [6.07, 6.45) is 6.55. The predicted molar refractivity (Wildman–Crippen MR) is 69.7 cm³/mol.